The summed E-state index contributed by atoms with van der Waals surface area (Å²) in [5.74, 6) is -0.285. The van der Waals surface area contributed by atoms with E-state index in [9.17, 15) is 9.50 Å². The van der Waals surface area contributed by atoms with Crippen molar-refractivity contribution < 1.29 is 9.50 Å². The Bertz CT molecular complexity index is 441. The van der Waals surface area contributed by atoms with Gasteiger partial charge in [-0.2, -0.15) is 11.3 Å². The van der Waals surface area contributed by atoms with Crippen molar-refractivity contribution in [2.45, 2.75) is 12.6 Å². The molecule has 2 aromatic rings. The summed E-state index contributed by atoms with van der Waals surface area (Å²) in [5.41, 5.74) is 1.94. The summed E-state index contributed by atoms with van der Waals surface area (Å²) in [4.78, 5) is 0. The molecule has 2 nitrogen and oxygen atoms in total. The van der Waals surface area contributed by atoms with E-state index in [1.807, 2.05) is 11.4 Å². The van der Waals surface area contributed by atoms with E-state index in [0.717, 1.165) is 12.1 Å². The monoisotopic (exact) mass is 251 g/mol. The van der Waals surface area contributed by atoms with Crippen LogP contribution in [0.1, 0.15) is 17.2 Å². The van der Waals surface area contributed by atoms with Gasteiger partial charge in [0.15, 0.2) is 0 Å². The molecule has 90 valence electrons. The van der Waals surface area contributed by atoms with Gasteiger partial charge < -0.3 is 10.4 Å². The van der Waals surface area contributed by atoms with Crippen LogP contribution in [0.4, 0.5) is 4.39 Å². The van der Waals surface area contributed by atoms with Gasteiger partial charge in [-0.3, -0.25) is 0 Å². The van der Waals surface area contributed by atoms with Crippen LogP contribution < -0.4 is 5.32 Å². The van der Waals surface area contributed by atoms with Crippen molar-refractivity contribution in [1.29, 1.82) is 0 Å². The number of hydrogen-bond acceptors (Lipinski definition) is 3. The lowest BCUT2D eigenvalue weighted by molar-refractivity contribution is 0.174. The lowest BCUT2D eigenvalue weighted by Crippen LogP contribution is -2.20. The SMILES string of the molecule is OC(CNCc1ccsc1)c1ccc(F)cc1. The van der Waals surface area contributed by atoms with Crippen molar-refractivity contribution in [3.63, 3.8) is 0 Å². The standard InChI is InChI=1S/C13H14FNOS/c14-12-3-1-11(2-4-12)13(16)8-15-7-10-5-6-17-9-10/h1-6,9,13,15-16H,7-8H2. The molecular weight excluding hydrogens is 237 g/mol. The summed E-state index contributed by atoms with van der Waals surface area (Å²) in [7, 11) is 0. The Morgan fingerprint density at radius 1 is 1.24 bits per heavy atom. The minimum atomic E-state index is -0.603. The molecule has 0 aliphatic rings. The maximum atomic E-state index is 12.7. The number of halogens is 1. The van der Waals surface area contributed by atoms with Crippen molar-refractivity contribution in [2.75, 3.05) is 6.54 Å². The Kier molecular flexibility index (Phi) is 4.25. The molecule has 1 unspecified atom stereocenters. The number of aliphatic hydroxyl groups excluding tert-OH is 1. The van der Waals surface area contributed by atoms with Gasteiger partial charge in [-0.25, -0.2) is 4.39 Å². The molecule has 4 heteroatoms. The second-order valence-electron chi connectivity index (χ2n) is 3.83. The third-order valence-corrected chi connectivity index (χ3v) is 3.23. The average molecular weight is 251 g/mol. The lowest BCUT2D eigenvalue weighted by atomic mass is 10.1. The number of nitrogens with one attached hydrogen (secondary N) is 1. The highest BCUT2D eigenvalue weighted by molar-refractivity contribution is 7.07. The topological polar surface area (TPSA) is 32.3 Å². The van der Waals surface area contributed by atoms with Crippen LogP contribution in [-0.2, 0) is 6.54 Å². The number of rotatable bonds is 5. The maximum Gasteiger partial charge on any atom is 0.123 e. The molecule has 0 aliphatic carbocycles. The molecule has 0 radical (unpaired) electrons. The minimum Gasteiger partial charge on any atom is -0.387 e. The fourth-order valence-corrected chi connectivity index (χ4v) is 2.22. The van der Waals surface area contributed by atoms with Gasteiger partial charge in [0.05, 0.1) is 6.10 Å². The largest absolute Gasteiger partial charge is 0.387 e. The second kappa shape index (κ2) is 5.91. The molecule has 17 heavy (non-hydrogen) atoms. The van der Waals surface area contributed by atoms with Crippen LogP contribution in [0.5, 0.6) is 0 Å². The Morgan fingerprint density at radius 2 is 2.00 bits per heavy atom. The number of hydrogen-bond donors (Lipinski definition) is 2. The summed E-state index contributed by atoms with van der Waals surface area (Å²) in [6.07, 6.45) is -0.603. The highest BCUT2D eigenvalue weighted by atomic mass is 32.1. The Labute approximate surface area is 104 Å². The van der Waals surface area contributed by atoms with Crippen LogP contribution in [-0.4, -0.2) is 11.7 Å². The van der Waals surface area contributed by atoms with Crippen molar-refractivity contribution in [3.8, 4) is 0 Å². The predicted octanol–water partition coefficient (Wildman–Crippen LogP) is 2.71. The van der Waals surface area contributed by atoms with Crippen molar-refractivity contribution in [1.82, 2.24) is 5.32 Å². The summed E-state index contributed by atoms with van der Waals surface area (Å²) in [6, 6.07) is 7.97. The first-order valence-electron chi connectivity index (χ1n) is 5.41. The van der Waals surface area contributed by atoms with Crippen LogP contribution in [0.2, 0.25) is 0 Å². The molecule has 0 spiro atoms. The number of thiophene rings is 1. The summed E-state index contributed by atoms with van der Waals surface area (Å²) < 4.78 is 12.7. The van der Waals surface area contributed by atoms with E-state index >= 15 is 0 Å². The predicted molar refractivity (Wildman–Crippen MR) is 67.4 cm³/mol. The first kappa shape index (κ1) is 12.2. The van der Waals surface area contributed by atoms with Crippen LogP contribution >= 0.6 is 11.3 Å². The fraction of sp³-hybridized carbons (Fsp3) is 0.231. The molecular formula is C13H14FNOS. The lowest BCUT2D eigenvalue weighted by Gasteiger charge is -2.11. The highest BCUT2D eigenvalue weighted by Crippen LogP contribution is 2.13. The van der Waals surface area contributed by atoms with E-state index in [4.69, 9.17) is 0 Å². The Balaban J connectivity index is 1.81. The molecule has 0 fully saturated rings. The third-order valence-electron chi connectivity index (χ3n) is 2.50. The van der Waals surface area contributed by atoms with E-state index in [2.05, 4.69) is 10.7 Å². The van der Waals surface area contributed by atoms with Gasteiger partial charge in [0.25, 0.3) is 0 Å². The minimum absolute atomic E-state index is 0.285. The summed E-state index contributed by atoms with van der Waals surface area (Å²) >= 11 is 1.65. The quantitative estimate of drug-likeness (QED) is 0.856. The Morgan fingerprint density at radius 3 is 2.65 bits per heavy atom. The molecule has 2 N–H and O–H groups in total. The summed E-state index contributed by atoms with van der Waals surface area (Å²) in [6.45, 7) is 1.20. The van der Waals surface area contributed by atoms with Crippen molar-refractivity contribution >= 4 is 11.3 Å². The first-order chi connectivity index (χ1) is 8.25. The molecule has 1 heterocycles. The molecule has 0 aliphatic heterocycles. The molecule has 2 rings (SSSR count). The van der Waals surface area contributed by atoms with E-state index in [-0.39, 0.29) is 5.82 Å². The average Bonchev–Trinajstić information content (AvgIpc) is 2.83. The van der Waals surface area contributed by atoms with Gasteiger partial charge in [0.1, 0.15) is 5.82 Å². The van der Waals surface area contributed by atoms with E-state index < -0.39 is 6.10 Å². The first-order valence-corrected chi connectivity index (χ1v) is 6.35. The third kappa shape index (κ3) is 3.63. The number of aliphatic hydroxyl groups is 1. The normalized spacial score (nSPS) is 12.6. The van der Waals surface area contributed by atoms with Gasteiger partial charge in [-0.15, -0.1) is 0 Å². The van der Waals surface area contributed by atoms with Crippen LogP contribution in [0.3, 0.4) is 0 Å². The van der Waals surface area contributed by atoms with E-state index in [1.165, 1.54) is 17.7 Å². The van der Waals surface area contributed by atoms with Gasteiger partial charge in [-0.05, 0) is 40.1 Å². The van der Waals surface area contributed by atoms with Gasteiger partial charge >= 0.3 is 0 Å². The molecule has 1 atom stereocenters. The molecule has 0 saturated carbocycles. The van der Waals surface area contributed by atoms with E-state index in [0.29, 0.717) is 6.54 Å². The van der Waals surface area contributed by atoms with Gasteiger partial charge in [0, 0.05) is 13.1 Å². The molecule has 1 aromatic carbocycles. The second-order valence-corrected chi connectivity index (χ2v) is 4.61. The van der Waals surface area contributed by atoms with Gasteiger partial charge in [-0.1, -0.05) is 12.1 Å². The number of benzene rings is 1. The summed E-state index contributed by atoms with van der Waals surface area (Å²) in [5, 5.41) is 17.1. The van der Waals surface area contributed by atoms with Crippen LogP contribution in [0.15, 0.2) is 41.1 Å². The molecule has 0 saturated heterocycles. The van der Waals surface area contributed by atoms with Crippen molar-refractivity contribution in [2.24, 2.45) is 0 Å². The van der Waals surface area contributed by atoms with Crippen LogP contribution in [0, 0.1) is 5.82 Å². The van der Waals surface area contributed by atoms with E-state index in [1.54, 1.807) is 23.5 Å². The molecule has 0 bridgehead atoms. The zero-order valence-corrected chi connectivity index (χ0v) is 10.1. The molecule has 1 aromatic heterocycles. The highest BCUT2D eigenvalue weighted by Gasteiger charge is 2.06. The maximum absolute atomic E-state index is 12.7. The molecule has 0 amide bonds. The van der Waals surface area contributed by atoms with Crippen molar-refractivity contribution in [3.05, 3.63) is 58.0 Å². The van der Waals surface area contributed by atoms with Crippen LogP contribution in [0.25, 0.3) is 0 Å². The zero-order valence-electron chi connectivity index (χ0n) is 9.27. The Hall–Kier alpha value is -1.23. The fourth-order valence-electron chi connectivity index (χ4n) is 1.55. The smallest absolute Gasteiger partial charge is 0.123 e. The van der Waals surface area contributed by atoms with Gasteiger partial charge in [0.2, 0.25) is 0 Å². The zero-order chi connectivity index (χ0) is 12.1.